The summed E-state index contributed by atoms with van der Waals surface area (Å²) in [5.41, 5.74) is 1.12. The number of carbonyl (C=O) groups excluding carboxylic acids is 1. The van der Waals surface area contributed by atoms with Gasteiger partial charge in [-0.05, 0) is 30.2 Å². The van der Waals surface area contributed by atoms with Gasteiger partial charge >= 0.3 is 0 Å². The third-order valence-electron chi connectivity index (χ3n) is 3.85. The van der Waals surface area contributed by atoms with Gasteiger partial charge in [0.05, 0.1) is 6.07 Å². The number of anilines is 1. The summed E-state index contributed by atoms with van der Waals surface area (Å²) < 4.78 is 0. The maximum Gasteiger partial charge on any atom is 0.240 e. The number of benzene rings is 1. The standard InChI is InChI=1S/C16H20ClN3O/c1-12(2)15(11-18)16(21)20-9-7-19(8-10-20)14-5-3-13(17)4-6-14/h3-6,12,15H,7-10H2,1-2H3. The van der Waals surface area contributed by atoms with E-state index in [4.69, 9.17) is 16.9 Å². The van der Waals surface area contributed by atoms with Gasteiger partial charge in [-0.3, -0.25) is 4.79 Å². The van der Waals surface area contributed by atoms with Gasteiger partial charge in [0.25, 0.3) is 0 Å². The summed E-state index contributed by atoms with van der Waals surface area (Å²) in [7, 11) is 0. The average Bonchev–Trinajstić information content (AvgIpc) is 2.48. The van der Waals surface area contributed by atoms with Crippen molar-refractivity contribution in [1.82, 2.24) is 4.90 Å². The molecule has 1 aliphatic rings. The maximum atomic E-state index is 12.3. The molecule has 1 heterocycles. The molecule has 1 fully saturated rings. The lowest BCUT2D eigenvalue weighted by Gasteiger charge is -2.37. The van der Waals surface area contributed by atoms with E-state index in [-0.39, 0.29) is 11.8 Å². The van der Waals surface area contributed by atoms with Gasteiger partial charge in [0.2, 0.25) is 5.91 Å². The van der Waals surface area contributed by atoms with Crippen LogP contribution in [0.4, 0.5) is 5.69 Å². The van der Waals surface area contributed by atoms with Crippen LogP contribution < -0.4 is 4.90 Å². The molecule has 1 amide bonds. The van der Waals surface area contributed by atoms with E-state index >= 15 is 0 Å². The summed E-state index contributed by atoms with van der Waals surface area (Å²) >= 11 is 5.89. The molecule has 1 aliphatic heterocycles. The molecule has 0 bridgehead atoms. The first-order valence-corrected chi connectivity index (χ1v) is 7.59. The second-order valence-electron chi connectivity index (χ2n) is 5.64. The molecule has 1 aromatic rings. The smallest absolute Gasteiger partial charge is 0.240 e. The van der Waals surface area contributed by atoms with Crippen molar-refractivity contribution in [3.63, 3.8) is 0 Å². The second kappa shape index (κ2) is 6.82. The Labute approximate surface area is 130 Å². The van der Waals surface area contributed by atoms with E-state index in [0.29, 0.717) is 13.1 Å². The van der Waals surface area contributed by atoms with Crippen LogP contribution in [0.15, 0.2) is 24.3 Å². The zero-order chi connectivity index (χ0) is 15.4. The van der Waals surface area contributed by atoms with Gasteiger partial charge in [0.1, 0.15) is 5.92 Å². The number of hydrogen-bond acceptors (Lipinski definition) is 3. The fourth-order valence-corrected chi connectivity index (χ4v) is 2.65. The number of piperazine rings is 1. The molecule has 4 nitrogen and oxygen atoms in total. The molecule has 0 aromatic heterocycles. The first-order valence-electron chi connectivity index (χ1n) is 7.22. The van der Waals surface area contributed by atoms with Gasteiger partial charge in [-0.2, -0.15) is 5.26 Å². The molecular weight excluding hydrogens is 286 g/mol. The van der Waals surface area contributed by atoms with E-state index in [9.17, 15) is 4.79 Å². The number of rotatable bonds is 3. The van der Waals surface area contributed by atoms with Gasteiger partial charge in [-0.15, -0.1) is 0 Å². The van der Waals surface area contributed by atoms with Gasteiger partial charge in [0.15, 0.2) is 0 Å². The van der Waals surface area contributed by atoms with Crippen molar-refractivity contribution in [2.45, 2.75) is 13.8 Å². The lowest BCUT2D eigenvalue weighted by Crippen LogP contribution is -2.50. The number of hydrogen-bond donors (Lipinski definition) is 0. The lowest BCUT2D eigenvalue weighted by molar-refractivity contribution is -0.135. The minimum absolute atomic E-state index is 0.0387. The molecule has 2 rings (SSSR count). The van der Waals surface area contributed by atoms with Crippen molar-refractivity contribution in [1.29, 1.82) is 5.26 Å². The molecular formula is C16H20ClN3O. The van der Waals surface area contributed by atoms with Crippen LogP contribution in [0.3, 0.4) is 0 Å². The number of nitriles is 1. The molecule has 112 valence electrons. The molecule has 0 N–H and O–H groups in total. The van der Waals surface area contributed by atoms with Gasteiger partial charge in [-0.1, -0.05) is 25.4 Å². The fraction of sp³-hybridized carbons (Fsp3) is 0.500. The minimum atomic E-state index is -0.535. The van der Waals surface area contributed by atoms with Crippen molar-refractivity contribution in [2.75, 3.05) is 31.1 Å². The fourth-order valence-electron chi connectivity index (χ4n) is 2.52. The third-order valence-corrected chi connectivity index (χ3v) is 4.11. The average molecular weight is 306 g/mol. The number of halogens is 1. The Morgan fingerprint density at radius 1 is 1.19 bits per heavy atom. The second-order valence-corrected chi connectivity index (χ2v) is 6.08. The molecule has 5 heteroatoms. The highest BCUT2D eigenvalue weighted by Gasteiger charge is 2.29. The minimum Gasteiger partial charge on any atom is -0.368 e. The third kappa shape index (κ3) is 3.68. The predicted molar refractivity (Wildman–Crippen MR) is 84.2 cm³/mol. The molecule has 1 atom stereocenters. The molecule has 0 radical (unpaired) electrons. The van der Waals surface area contributed by atoms with Crippen LogP contribution in [-0.2, 0) is 4.79 Å². The van der Waals surface area contributed by atoms with Crippen LogP contribution in [0.5, 0.6) is 0 Å². The van der Waals surface area contributed by atoms with Gasteiger partial charge in [0, 0.05) is 36.9 Å². The summed E-state index contributed by atoms with van der Waals surface area (Å²) in [6.45, 7) is 6.71. The Morgan fingerprint density at radius 3 is 2.24 bits per heavy atom. The monoisotopic (exact) mass is 305 g/mol. The highest BCUT2D eigenvalue weighted by Crippen LogP contribution is 2.21. The van der Waals surface area contributed by atoms with Crippen LogP contribution in [0.1, 0.15) is 13.8 Å². The van der Waals surface area contributed by atoms with Crippen molar-refractivity contribution < 1.29 is 4.79 Å². The molecule has 0 saturated carbocycles. The Balaban J connectivity index is 1.95. The zero-order valence-corrected chi connectivity index (χ0v) is 13.2. The Kier molecular flexibility index (Phi) is 5.08. The molecule has 0 spiro atoms. The Morgan fingerprint density at radius 2 is 1.76 bits per heavy atom. The summed E-state index contributed by atoms with van der Waals surface area (Å²) in [6.07, 6.45) is 0. The molecule has 1 saturated heterocycles. The van der Waals surface area contributed by atoms with Crippen LogP contribution in [-0.4, -0.2) is 37.0 Å². The summed E-state index contributed by atoms with van der Waals surface area (Å²) in [5, 5.41) is 9.86. The van der Waals surface area contributed by atoms with E-state index < -0.39 is 5.92 Å². The van der Waals surface area contributed by atoms with E-state index in [1.807, 2.05) is 38.1 Å². The SMILES string of the molecule is CC(C)C(C#N)C(=O)N1CCN(c2ccc(Cl)cc2)CC1. The van der Waals surface area contributed by atoms with Crippen molar-refractivity contribution in [3.05, 3.63) is 29.3 Å². The Hall–Kier alpha value is -1.73. The Bertz CT molecular complexity index is 527. The molecule has 1 aromatic carbocycles. The van der Waals surface area contributed by atoms with E-state index in [2.05, 4.69) is 11.0 Å². The normalized spacial score (nSPS) is 16.7. The quantitative estimate of drug-likeness (QED) is 0.862. The van der Waals surface area contributed by atoms with Gasteiger partial charge in [-0.25, -0.2) is 0 Å². The van der Waals surface area contributed by atoms with Gasteiger partial charge < -0.3 is 9.80 Å². The maximum absolute atomic E-state index is 12.3. The van der Waals surface area contributed by atoms with Crippen LogP contribution in [0, 0.1) is 23.2 Å². The predicted octanol–water partition coefficient (Wildman–Crippen LogP) is 2.78. The molecule has 21 heavy (non-hydrogen) atoms. The van der Waals surface area contributed by atoms with Crippen molar-refractivity contribution in [2.24, 2.45) is 11.8 Å². The molecule has 1 unspecified atom stereocenters. The summed E-state index contributed by atoms with van der Waals surface area (Å²) in [4.78, 5) is 16.4. The van der Waals surface area contributed by atoms with E-state index in [1.165, 1.54) is 0 Å². The summed E-state index contributed by atoms with van der Waals surface area (Å²) in [5.74, 6) is -0.521. The van der Waals surface area contributed by atoms with Crippen LogP contribution >= 0.6 is 11.6 Å². The summed E-state index contributed by atoms with van der Waals surface area (Å²) in [6, 6.07) is 9.86. The number of nitrogens with zero attached hydrogens (tertiary/aromatic N) is 3. The largest absolute Gasteiger partial charge is 0.368 e. The number of amides is 1. The van der Waals surface area contributed by atoms with E-state index in [0.717, 1.165) is 23.8 Å². The first-order chi connectivity index (χ1) is 10.0. The number of carbonyl (C=O) groups is 1. The van der Waals surface area contributed by atoms with Crippen LogP contribution in [0.25, 0.3) is 0 Å². The zero-order valence-electron chi connectivity index (χ0n) is 12.4. The lowest BCUT2D eigenvalue weighted by atomic mass is 9.95. The van der Waals surface area contributed by atoms with Crippen molar-refractivity contribution >= 4 is 23.2 Å². The van der Waals surface area contributed by atoms with E-state index in [1.54, 1.807) is 4.90 Å². The topological polar surface area (TPSA) is 47.3 Å². The highest BCUT2D eigenvalue weighted by molar-refractivity contribution is 6.30. The molecule has 0 aliphatic carbocycles. The highest BCUT2D eigenvalue weighted by atomic mass is 35.5. The van der Waals surface area contributed by atoms with Crippen LogP contribution in [0.2, 0.25) is 5.02 Å². The first kappa shape index (κ1) is 15.7. The van der Waals surface area contributed by atoms with Crippen molar-refractivity contribution in [3.8, 4) is 6.07 Å².